The Morgan fingerprint density at radius 3 is 2.72 bits per heavy atom. The number of hydrogen-bond donors (Lipinski definition) is 1. The highest BCUT2D eigenvalue weighted by Gasteiger charge is 2.24. The molecule has 0 atom stereocenters. The van der Waals surface area contributed by atoms with Gasteiger partial charge in [0.2, 0.25) is 11.6 Å². The van der Waals surface area contributed by atoms with Crippen molar-refractivity contribution >= 4 is 17.3 Å². The monoisotopic (exact) mass is 253 g/mol. The minimum atomic E-state index is -0.447. The number of anilines is 2. The third-order valence-electron chi connectivity index (χ3n) is 2.68. The molecule has 7 heteroatoms. The SMILES string of the molecule is CCCCCN(C)c1ncnc(NC)c1[N+](=O)[O-]. The summed E-state index contributed by atoms with van der Waals surface area (Å²) in [6.45, 7) is 2.86. The van der Waals surface area contributed by atoms with Crippen LogP contribution in [0.25, 0.3) is 0 Å². The molecule has 1 rings (SSSR count). The molecule has 7 nitrogen and oxygen atoms in total. The van der Waals surface area contributed by atoms with Gasteiger partial charge in [-0.05, 0) is 6.42 Å². The van der Waals surface area contributed by atoms with Crippen LogP contribution >= 0.6 is 0 Å². The van der Waals surface area contributed by atoms with Gasteiger partial charge in [0.15, 0.2) is 0 Å². The molecule has 1 aromatic heterocycles. The maximum atomic E-state index is 11.1. The fraction of sp³-hybridized carbons (Fsp3) is 0.636. The minimum Gasteiger partial charge on any atom is -0.367 e. The van der Waals surface area contributed by atoms with Crippen LogP contribution in [0.1, 0.15) is 26.2 Å². The fourth-order valence-electron chi connectivity index (χ4n) is 1.70. The highest BCUT2D eigenvalue weighted by atomic mass is 16.6. The van der Waals surface area contributed by atoms with Crippen LogP contribution in [-0.4, -0.2) is 35.5 Å². The van der Waals surface area contributed by atoms with Crippen LogP contribution in [0.5, 0.6) is 0 Å². The van der Waals surface area contributed by atoms with Gasteiger partial charge in [0.05, 0.1) is 4.92 Å². The number of nitrogens with zero attached hydrogens (tertiary/aromatic N) is 4. The summed E-state index contributed by atoms with van der Waals surface area (Å²) in [7, 11) is 3.42. The molecule has 0 radical (unpaired) electrons. The average molecular weight is 253 g/mol. The predicted molar refractivity (Wildman–Crippen MR) is 71.0 cm³/mol. The van der Waals surface area contributed by atoms with Crippen LogP contribution in [0.15, 0.2) is 6.33 Å². The lowest BCUT2D eigenvalue weighted by molar-refractivity contribution is -0.383. The van der Waals surface area contributed by atoms with Gasteiger partial charge in [0.25, 0.3) is 0 Å². The van der Waals surface area contributed by atoms with Gasteiger partial charge in [-0.25, -0.2) is 9.97 Å². The Hall–Kier alpha value is -1.92. The quantitative estimate of drug-likeness (QED) is 0.455. The van der Waals surface area contributed by atoms with Crippen molar-refractivity contribution in [2.45, 2.75) is 26.2 Å². The smallest absolute Gasteiger partial charge is 0.353 e. The molecule has 0 aromatic carbocycles. The van der Waals surface area contributed by atoms with Crippen LogP contribution in [-0.2, 0) is 0 Å². The third kappa shape index (κ3) is 3.28. The summed E-state index contributed by atoms with van der Waals surface area (Å²) in [6, 6.07) is 0. The van der Waals surface area contributed by atoms with Crippen LogP contribution in [0.4, 0.5) is 17.3 Å². The van der Waals surface area contributed by atoms with Crippen molar-refractivity contribution in [2.75, 3.05) is 30.9 Å². The van der Waals surface area contributed by atoms with E-state index in [0.29, 0.717) is 5.82 Å². The topological polar surface area (TPSA) is 84.2 Å². The van der Waals surface area contributed by atoms with Crippen LogP contribution in [0.3, 0.4) is 0 Å². The summed E-state index contributed by atoms with van der Waals surface area (Å²) in [5.74, 6) is 0.600. The van der Waals surface area contributed by atoms with Crippen LogP contribution < -0.4 is 10.2 Å². The van der Waals surface area contributed by atoms with Gasteiger partial charge < -0.3 is 10.2 Å². The Bertz CT molecular complexity index is 410. The summed E-state index contributed by atoms with van der Waals surface area (Å²) in [4.78, 5) is 20.3. The first-order chi connectivity index (χ1) is 8.61. The maximum absolute atomic E-state index is 11.1. The first kappa shape index (κ1) is 14.1. The van der Waals surface area contributed by atoms with E-state index in [1.165, 1.54) is 6.33 Å². The van der Waals surface area contributed by atoms with Crippen molar-refractivity contribution < 1.29 is 4.92 Å². The van der Waals surface area contributed by atoms with E-state index in [4.69, 9.17) is 0 Å². The molecule has 0 spiro atoms. The molecule has 1 heterocycles. The summed E-state index contributed by atoms with van der Waals surface area (Å²) >= 11 is 0. The molecular weight excluding hydrogens is 234 g/mol. The number of rotatable bonds is 7. The minimum absolute atomic E-state index is 0.0704. The van der Waals surface area contributed by atoms with E-state index >= 15 is 0 Å². The lowest BCUT2D eigenvalue weighted by Crippen LogP contribution is -2.21. The van der Waals surface area contributed by atoms with E-state index in [1.807, 2.05) is 7.05 Å². The maximum Gasteiger partial charge on any atom is 0.353 e. The average Bonchev–Trinajstić information content (AvgIpc) is 2.37. The van der Waals surface area contributed by atoms with Crippen molar-refractivity contribution in [1.82, 2.24) is 9.97 Å². The first-order valence-electron chi connectivity index (χ1n) is 6.00. The summed E-state index contributed by atoms with van der Waals surface area (Å²) in [5, 5.41) is 13.8. The summed E-state index contributed by atoms with van der Waals surface area (Å²) in [6.07, 6.45) is 4.54. The zero-order valence-corrected chi connectivity index (χ0v) is 11.0. The molecule has 0 saturated carbocycles. The van der Waals surface area contributed by atoms with Gasteiger partial charge in [-0.2, -0.15) is 0 Å². The lowest BCUT2D eigenvalue weighted by Gasteiger charge is -2.18. The van der Waals surface area contributed by atoms with Gasteiger partial charge >= 0.3 is 5.69 Å². The van der Waals surface area contributed by atoms with Gasteiger partial charge in [-0.3, -0.25) is 10.1 Å². The molecule has 18 heavy (non-hydrogen) atoms. The summed E-state index contributed by atoms with van der Waals surface area (Å²) < 4.78 is 0. The van der Waals surface area contributed by atoms with Gasteiger partial charge in [-0.1, -0.05) is 19.8 Å². The Balaban J connectivity index is 2.96. The second-order valence-electron chi connectivity index (χ2n) is 4.03. The van der Waals surface area contributed by atoms with E-state index in [2.05, 4.69) is 22.2 Å². The predicted octanol–water partition coefficient (Wildman–Crippen LogP) is 2.05. The third-order valence-corrected chi connectivity index (χ3v) is 2.68. The second kappa shape index (κ2) is 6.73. The molecule has 0 aliphatic rings. The Morgan fingerprint density at radius 2 is 2.17 bits per heavy atom. The lowest BCUT2D eigenvalue weighted by atomic mass is 10.2. The second-order valence-corrected chi connectivity index (χ2v) is 4.03. The highest BCUT2D eigenvalue weighted by Crippen LogP contribution is 2.30. The zero-order chi connectivity index (χ0) is 13.5. The van der Waals surface area contributed by atoms with Crippen molar-refractivity contribution in [3.8, 4) is 0 Å². The number of aromatic nitrogens is 2. The number of nitrogens with one attached hydrogen (secondary N) is 1. The van der Waals surface area contributed by atoms with E-state index in [1.54, 1.807) is 11.9 Å². The molecule has 0 bridgehead atoms. The Kier molecular flexibility index (Phi) is 5.29. The van der Waals surface area contributed by atoms with E-state index < -0.39 is 4.92 Å². The number of hydrogen-bond acceptors (Lipinski definition) is 6. The van der Waals surface area contributed by atoms with Crippen LogP contribution in [0, 0.1) is 10.1 Å². The number of nitro groups is 1. The molecule has 0 fully saturated rings. The van der Waals surface area contributed by atoms with E-state index in [-0.39, 0.29) is 11.5 Å². The molecule has 0 aliphatic heterocycles. The van der Waals surface area contributed by atoms with Crippen molar-refractivity contribution in [3.63, 3.8) is 0 Å². The van der Waals surface area contributed by atoms with Gasteiger partial charge in [0, 0.05) is 20.6 Å². The molecule has 0 aliphatic carbocycles. The first-order valence-corrected chi connectivity index (χ1v) is 6.00. The normalized spacial score (nSPS) is 10.2. The summed E-state index contributed by atoms with van der Waals surface area (Å²) in [5.41, 5.74) is -0.0704. The Labute approximate surface area is 106 Å². The number of unbranched alkanes of at least 4 members (excludes halogenated alkanes) is 2. The Morgan fingerprint density at radius 1 is 1.44 bits per heavy atom. The van der Waals surface area contributed by atoms with Gasteiger partial charge in [0.1, 0.15) is 6.33 Å². The molecule has 1 aromatic rings. The van der Waals surface area contributed by atoms with Crippen molar-refractivity contribution in [2.24, 2.45) is 0 Å². The van der Waals surface area contributed by atoms with Crippen molar-refractivity contribution in [3.05, 3.63) is 16.4 Å². The molecule has 100 valence electrons. The van der Waals surface area contributed by atoms with E-state index in [9.17, 15) is 10.1 Å². The highest BCUT2D eigenvalue weighted by molar-refractivity contribution is 5.69. The molecule has 0 amide bonds. The molecule has 0 unspecified atom stereocenters. The fourth-order valence-corrected chi connectivity index (χ4v) is 1.70. The van der Waals surface area contributed by atoms with Gasteiger partial charge in [-0.15, -0.1) is 0 Å². The molecule has 1 N–H and O–H groups in total. The van der Waals surface area contributed by atoms with E-state index in [0.717, 1.165) is 25.8 Å². The molecular formula is C11H19N5O2. The van der Waals surface area contributed by atoms with Crippen LogP contribution in [0.2, 0.25) is 0 Å². The zero-order valence-electron chi connectivity index (χ0n) is 11.0. The molecule has 0 saturated heterocycles. The largest absolute Gasteiger partial charge is 0.367 e. The standard InChI is InChI=1S/C11H19N5O2/c1-4-5-6-7-15(3)11-9(16(17)18)10(12-2)13-8-14-11/h8H,4-7H2,1-3H3,(H,12,13,14). The van der Waals surface area contributed by atoms with Crippen molar-refractivity contribution in [1.29, 1.82) is 0 Å².